The average molecular weight is 413 g/mol. The van der Waals surface area contributed by atoms with Crippen LogP contribution >= 0.6 is 27.3 Å². The molecule has 124 valence electrons. The third kappa shape index (κ3) is 3.08. The molecule has 0 fully saturated rings. The summed E-state index contributed by atoms with van der Waals surface area (Å²) in [5.74, 6) is -0.180. The zero-order chi connectivity index (χ0) is 17.4. The van der Waals surface area contributed by atoms with Gasteiger partial charge in [0.15, 0.2) is 10.8 Å². The van der Waals surface area contributed by atoms with Gasteiger partial charge in [-0.3, -0.25) is 10.1 Å². The van der Waals surface area contributed by atoms with E-state index in [1.54, 1.807) is 16.8 Å². The van der Waals surface area contributed by atoms with E-state index in [-0.39, 0.29) is 5.91 Å². The van der Waals surface area contributed by atoms with Gasteiger partial charge in [0, 0.05) is 10.0 Å². The largest absolute Gasteiger partial charge is 0.298 e. The van der Waals surface area contributed by atoms with E-state index < -0.39 is 0 Å². The van der Waals surface area contributed by atoms with E-state index >= 15 is 0 Å². The highest BCUT2D eigenvalue weighted by Crippen LogP contribution is 2.30. The summed E-state index contributed by atoms with van der Waals surface area (Å²) in [6, 6.07) is 17.0. The fourth-order valence-electron chi connectivity index (χ4n) is 2.51. The minimum absolute atomic E-state index is 0.180. The highest BCUT2D eigenvalue weighted by atomic mass is 79.9. The number of para-hydroxylation sites is 1. The van der Waals surface area contributed by atoms with Gasteiger partial charge in [-0.2, -0.15) is 10.1 Å². The minimum atomic E-state index is -0.180. The number of carbonyl (C=O) groups is 1. The van der Waals surface area contributed by atoms with Crippen molar-refractivity contribution >= 4 is 48.7 Å². The van der Waals surface area contributed by atoms with Crippen LogP contribution in [0.1, 0.15) is 16.1 Å². The Kier molecular flexibility index (Phi) is 4.10. The Hall–Kier alpha value is -2.51. The summed E-state index contributed by atoms with van der Waals surface area (Å²) in [7, 11) is 0. The van der Waals surface area contributed by atoms with Gasteiger partial charge < -0.3 is 0 Å². The number of aryl methyl sites for hydroxylation is 1. The normalized spacial score (nSPS) is 11.0. The molecule has 0 spiro atoms. The Morgan fingerprint density at radius 3 is 2.56 bits per heavy atom. The van der Waals surface area contributed by atoms with Crippen molar-refractivity contribution in [3.8, 4) is 5.69 Å². The lowest BCUT2D eigenvalue weighted by Crippen LogP contribution is -2.11. The van der Waals surface area contributed by atoms with Gasteiger partial charge in [-0.15, -0.1) is 0 Å². The van der Waals surface area contributed by atoms with Crippen molar-refractivity contribution in [3.63, 3.8) is 0 Å². The summed E-state index contributed by atoms with van der Waals surface area (Å²) in [6.07, 6.45) is 0. The molecule has 0 aliphatic rings. The lowest BCUT2D eigenvalue weighted by molar-refractivity contribution is 0.102. The lowest BCUT2D eigenvalue weighted by atomic mass is 10.2. The van der Waals surface area contributed by atoms with E-state index in [1.165, 1.54) is 11.3 Å². The van der Waals surface area contributed by atoms with Crippen LogP contribution in [0.4, 0.5) is 5.13 Å². The molecule has 0 bridgehead atoms. The number of benzene rings is 2. The molecular weight excluding hydrogens is 400 g/mol. The molecule has 7 heteroatoms. The van der Waals surface area contributed by atoms with Crippen molar-refractivity contribution in [2.24, 2.45) is 0 Å². The van der Waals surface area contributed by atoms with Crippen LogP contribution in [-0.4, -0.2) is 20.7 Å². The number of hydrogen-bond donors (Lipinski definition) is 1. The van der Waals surface area contributed by atoms with Gasteiger partial charge in [0.1, 0.15) is 0 Å². The Morgan fingerprint density at radius 2 is 1.84 bits per heavy atom. The van der Waals surface area contributed by atoms with Crippen LogP contribution in [0.25, 0.3) is 16.0 Å². The Bertz CT molecular complexity index is 1050. The highest BCUT2D eigenvalue weighted by Gasteiger charge is 2.16. The van der Waals surface area contributed by atoms with E-state index in [1.807, 2.05) is 49.4 Å². The van der Waals surface area contributed by atoms with Gasteiger partial charge in [-0.25, -0.2) is 4.68 Å². The number of carbonyl (C=O) groups excluding carboxylic acids is 1. The quantitative estimate of drug-likeness (QED) is 0.525. The second kappa shape index (κ2) is 6.42. The van der Waals surface area contributed by atoms with E-state index in [9.17, 15) is 4.79 Å². The number of hydrogen-bond acceptors (Lipinski definition) is 4. The van der Waals surface area contributed by atoms with E-state index in [0.29, 0.717) is 10.7 Å². The topological polar surface area (TPSA) is 59.8 Å². The van der Waals surface area contributed by atoms with Crippen LogP contribution in [-0.2, 0) is 0 Å². The highest BCUT2D eigenvalue weighted by molar-refractivity contribution is 9.10. The summed E-state index contributed by atoms with van der Waals surface area (Å²) in [4.78, 5) is 17.0. The molecule has 4 aromatic rings. The number of amides is 1. The Morgan fingerprint density at radius 1 is 1.12 bits per heavy atom. The molecule has 0 atom stereocenters. The average Bonchev–Trinajstić information content (AvgIpc) is 3.16. The number of anilines is 1. The molecule has 1 N–H and O–H groups in total. The second-order valence-corrected chi connectivity index (χ2v) is 7.38. The van der Waals surface area contributed by atoms with Gasteiger partial charge in [0.25, 0.3) is 5.91 Å². The first-order valence-corrected chi connectivity index (χ1v) is 9.21. The van der Waals surface area contributed by atoms with Crippen molar-refractivity contribution < 1.29 is 4.79 Å². The summed E-state index contributed by atoms with van der Waals surface area (Å²) in [5.41, 5.74) is 3.17. The molecule has 2 heterocycles. The maximum absolute atomic E-state index is 12.4. The van der Waals surface area contributed by atoms with Crippen LogP contribution in [0, 0.1) is 6.92 Å². The lowest BCUT2D eigenvalue weighted by Gasteiger charge is -2.02. The van der Waals surface area contributed by atoms with E-state index in [4.69, 9.17) is 0 Å². The molecule has 1 amide bonds. The molecule has 0 saturated heterocycles. The monoisotopic (exact) mass is 412 g/mol. The molecular formula is C18H13BrN4OS. The number of nitrogens with one attached hydrogen (secondary N) is 1. The van der Waals surface area contributed by atoms with Gasteiger partial charge in [0.05, 0.1) is 16.1 Å². The van der Waals surface area contributed by atoms with Crippen molar-refractivity contribution in [1.29, 1.82) is 0 Å². The van der Waals surface area contributed by atoms with Gasteiger partial charge in [-0.05, 0) is 43.3 Å². The molecule has 5 nitrogen and oxygen atoms in total. The predicted molar refractivity (Wildman–Crippen MR) is 104 cm³/mol. The number of rotatable bonds is 3. The number of nitrogens with zero attached hydrogens (tertiary/aromatic N) is 3. The maximum Gasteiger partial charge on any atom is 0.257 e. The second-order valence-electron chi connectivity index (χ2n) is 5.47. The minimum Gasteiger partial charge on any atom is -0.298 e. The van der Waals surface area contributed by atoms with Crippen LogP contribution in [0.5, 0.6) is 0 Å². The van der Waals surface area contributed by atoms with Crippen LogP contribution < -0.4 is 5.32 Å². The standard InChI is InChI=1S/C18H13BrN4OS/c1-11-15-16(23(22-11)14-5-3-2-4-6-14)20-18(25-15)21-17(24)12-7-9-13(19)10-8-12/h2-10H,1H3,(H,20,21,24). The van der Waals surface area contributed by atoms with Crippen LogP contribution in [0.15, 0.2) is 59.1 Å². The number of halogens is 1. The molecule has 0 saturated carbocycles. The zero-order valence-electron chi connectivity index (χ0n) is 13.2. The number of thiazole rings is 1. The molecule has 0 unspecified atom stereocenters. The van der Waals surface area contributed by atoms with Crippen molar-refractivity contribution in [3.05, 3.63) is 70.3 Å². The van der Waals surface area contributed by atoms with Crippen LogP contribution in [0.2, 0.25) is 0 Å². The first kappa shape index (κ1) is 16.0. The smallest absolute Gasteiger partial charge is 0.257 e. The van der Waals surface area contributed by atoms with Gasteiger partial charge in [0.2, 0.25) is 0 Å². The maximum atomic E-state index is 12.4. The zero-order valence-corrected chi connectivity index (χ0v) is 15.6. The molecule has 0 aliphatic carbocycles. The van der Waals surface area contributed by atoms with Crippen LogP contribution in [0.3, 0.4) is 0 Å². The first-order valence-electron chi connectivity index (χ1n) is 7.60. The molecule has 0 aliphatic heterocycles. The molecule has 4 rings (SSSR count). The van der Waals surface area contributed by atoms with Crippen molar-refractivity contribution in [1.82, 2.24) is 14.8 Å². The van der Waals surface area contributed by atoms with Gasteiger partial charge in [-0.1, -0.05) is 45.5 Å². The fourth-order valence-corrected chi connectivity index (χ4v) is 3.65. The summed E-state index contributed by atoms with van der Waals surface area (Å²) in [5, 5.41) is 7.99. The number of fused-ring (bicyclic) bond motifs is 1. The molecule has 25 heavy (non-hydrogen) atoms. The van der Waals surface area contributed by atoms with E-state index in [0.717, 1.165) is 26.2 Å². The van der Waals surface area contributed by atoms with Gasteiger partial charge >= 0.3 is 0 Å². The van der Waals surface area contributed by atoms with Crippen molar-refractivity contribution in [2.45, 2.75) is 6.92 Å². The SMILES string of the molecule is Cc1nn(-c2ccccc2)c2nc(NC(=O)c3ccc(Br)cc3)sc12. The molecule has 0 radical (unpaired) electrons. The first-order chi connectivity index (χ1) is 12.1. The van der Waals surface area contributed by atoms with Crippen molar-refractivity contribution in [2.75, 3.05) is 5.32 Å². The third-order valence-electron chi connectivity index (χ3n) is 3.72. The third-order valence-corrected chi connectivity index (χ3v) is 5.31. The summed E-state index contributed by atoms with van der Waals surface area (Å²) in [6.45, 7) is 1.94. The molecule has 2 aromatic carbocycles. The summed E-state index contributed by atoms with van der Waals surface area (Å²) >= 11 is 4.80. The predicted octanol–water partition coefficient (Wildman–Crippen LogP) is 4.81. The molecule has 2 aromatic heterocycles. The fraction of sp³-hybridized carbons (Fsp3) is 0.0556. The number of aromatic nitrogens is 3. The van der Waals surface area contributed by atoms with E-state index in [2.05, 4.69) is 31.3 Å². The Labute approximate surface area is 156 Å². The summed E-state index contributed by atoms with van der Waals surface area (Å²) < 4.78 is 3.70. The Balaban J connectivity index is 1.68.